The molecule has 3 aromatic rings. The number of hydrogen-bond donors (Lipinski definition) is 0. The molecule has 1 saturated heterocycles. The number of aryl methyl sites for hydroxylation is 1. The first kappa shape index (κ1) is 12.5. The van der Waals surface area contributed by atoms with Crippen LogP contribution < -0.4 is 9.47 Å². The van der Waals surface area contributed by atoms with Gasteiger partial charge in [0.15, 0.2) is 0 Å². The molecule has 1 fully saturated rings. The van der Waals surface area contributed by atoms with E-state index < -0.39 is 0 Å². The van der Waals surface area contributed by atoms with Crippen molar-refractivity contribution in [3.8, 4) is 0 Å². The van der Waals surface area contributed by atoms with Crippen LogP contribution in [0.5, 0.6) is 0 Å². The summed E-state index contributed by atoms with van der Waals surface area (Å²) in [5, 5.41) is 0. The van der Waals surface area contributed by atoms with E-state index in [1.165, 1.54) is 5.69 Å². The lowest BCUT2D eigenvalue weighted by Crippen LogP contribution is -2.36. The van der Waals surface area contributed by atoms with Crippen LogP contribution in [-0.4, -0.2) is 31.3 Å². The van der Waals surface area contributed by atoms with Gasteiger partial charge >= 0.3 is 0 Å². The summed E-state index contributed by atoms with van der Waals surface area (Å²) in [7, 11) is 2.11. The third-order valence-corrected chi connectivity index (χ3v) is 4.18. The number of rotatable bonds is 1. The molecule has 4 rings (SSSR count). The molecule has 0 radical (unpaired) electrons. The van der Waals surface area contributed by atoms with Crippen molar-refractivity contribution < 1.29 is 9.30 Å². The number of benzene rings is 2. The van der Waals surface area contributed by atoms with E-state index in [1.807, 2.05) is 6.07 Å². The molecule has 0 bridgehead atoms. The Morgan fingerprint density at radius 2 is 1.76 bits per heavy atom. The molecule has 0 saturated carbocycles. The fraction of sp³-hybridized carbons (Fsp3) is 0.294. The molecule has 4 heteroatoms. The molecular formula is C17H18N3O+. The van der Waals surface area contributed by atoms with Crippen LogP contribution in [0, 0.1) is 0 Å². The topological polar surface area (TPSA) is 29.2 Å². The second-order valence-electron chi connectivity index (χ2n) is 5.43. The predicted octanol–water partition coefficient (Wildman–Crippen LogP) is 2.05. The summed E-state index contributed by atoms with van der Waals surface area (Å²) in [4.78, 5) is 7.13. The lowest BCUT2D eigenvalue weighted by molar-refractivity contribution is -0.617. The van der Waals surface area contributed by atoms with Gasteiger partial charge < -0.3 is 9.64 Å². The molecule has 2 heterocycles. The molecule has 0 unspecified atom stereocenters. The van der Waals surface area contributed by atoms with Crippen molar-refractivity contribution in [3.05, 3.63) is 42.5 Å². The Morgan fingerprint density at radius 3 is 2.62 bits per heavy atom. The van der Waals surface area contributed by atoms with Crippen molar-refractivity contribution >= 4 is 27.8 Å². The largest absolute Gasteiger partial charge is 0.378 e. The quantitative estimate of drug-likeness (QED) is 0.505. The number of hydrogen-bond acceptors (Lipinski definition) is 3. The molecule has 1 aromatic heterocycles. The molecule has 4 nitrogen and oxygen atoms in total. The number of para-hydroxylation sites is 2. The smallest absolute Gasteiger partial charge is 0.233 e. The summed E-state index contributed by atoms with van der Waals surface area (Å²) in [5.74, 6) is 0. The van der Waals surface area contributed by atoms with Crippen molar-refractivity contribution in [2.75, 3.05) is 31.2 Å². The van der Waals surface area contributed by atoms with Gasteiger partial charge in [-0.15, -0.1) is 0 Å². The second kappa shape index (κ2) is 4.97. The third-order valence-electron chi connectivity index (χ3n) is 4.18. The fourth-order valence-electron chi connectivity index (χ4n) is 3.00. The first-order valence-electron chi connectivity index (χ1n) is 7.34. The highest BCUT2D eigenvalue weighted by molar-refractivity contribution is 5.83. The normalized spacial score (nSPS) is 15.8. The Balaban J connectivity index is 1.90. The molecule has 0 amide bonds. The number of ether oxygens (including phenoxy) is 1. The van der Waals surface area contributed by atoms with Crippen LogP contribution in [-0.2, 0) is 11.8 Å². The summed E-state index contributed by atoms with van der Waals surface area (Å²) in [6, 6.07) is 14.8. The minimum absolute atomic E-state index is 0.806. The van der Waals surface area contributed by atoms with Crippen LogP contribution in [0.3, 0.4) is 0 Å². The molecule has 2 aromatic carbocycles. The van der Waals surface area contributed by atoms with Gasteiger partial charge in [-0.25, -0.2) is 4.98 Å². The van der Waals surface area contributed by atoms with E-state index in [9.17, 15) is 0 Å². The molecule has 0 spiro atoms. The minimum atomic E-state index is 0.806. The summed E-state index contributed by atoms with van der Waals surface area (Å²) in [6.45, 7) is 3.52. The number of fused-ring (bicyclic) bond motifs is 2. The van der Waals surface area contributed by atoms with Crippen LogP contribution in [0.2, 0.25) is 0 Å². The highest BCUT2D eigenvalue weighted by atomic mass is 16.5. The zero-order valence-corrected chi connectivity index (χ0v) is 12.1. The Bertz CT molecular complexity index is 810. The lowest BCUT2D eigenvalue weighted by atomic mass is 10.2. The van der Waals surface area contributed by atoms with Gasteiger partial charge in [-0.3, -0.25) is 0 Å². The lowest BCUT2D eigenvalue weighted by Gasteiger charge is -2.28. The Morgan fingerprint density at radius 1 is 1.00 bits per heavy atom. The molecule has 0 atom stereocenters. The first-order valence-corrected chi connectivity index (χ1v) is 7.34. The van der Waals surface area contributed by atoms with Crippen LogP contribution in [0.25, 0.3) is 22.1 Å². The van der Waals surface area contributed by atoms with E-state index in [2.05, 4.69) is 52.9 Å². The highest BCUT2D eigenvalue weighted by Crippen LogP contribution is 2.21. The Kier molecular flexibility index (Phi) is 2.97. The van der Waals surface area contributed by atoms with Crippen molar-refractivity contribution in [3.63, 3.8) is 0 Å². The summed E-state index contributed by atoms with van der Waals surface area (Å²) in [5.41, 5.74) is 5.64. The standard InChI is InChI=1S/C17H18N3O/c1-19-16-5-3-2-4-14(16)18-15-7-6-13(12-17(15)19)20-8-10-21-11-9-20/h2-7,12H,8-11H2,1H3/q+1. The van der Waals surface area contributed by atoms with Gasteiger partial charge in [0.25, 0.3) is 0 Å². The Labute approximate surface area is 123 Å². The molecule has 106 valence electrons. The minimum Gasteiger partial charge on any atom is -0.378 e. The number of aromatic nitrogens is 2. The van der Waals surface area contributed by atoms with Gasteiger partial charge in [-0.05, 0) is 18.2 Å². The monoisotopic (exact) mass is 280 g/mol. The molecule has 1 aliphatic heterocycles. The third kappa shape index (κ3) is 2.12. The van der Waals surface area contributed by atoms with Crippen molar-refractivity contribution in [1.82, 2.24) is 4.98 Å². The molecule has 21 heavy (non-hydrogen) atoms. The van der Waals surface area contributed by atoms with E-state index in [1.54, 1.807) is 0 Å². The number of anilines is 1. The van der Waals surface area contributed by atoms with E-state index in [0.29, 0.717) is 0 Å². The van der Waals surface area contributed by atoms with Gasteiger partial charge in [0.2, 0.25) is 11.0 Å². The van der Waals surface area contributed by atoms with E-state index in [4.69, 9.17) is 9.72 Å². The zero-order valence-electron chi connectivity index (χ0n) is 12.1. The summed E-state index contributed by atoms with van der Waals surface area (Å²) < 4.78 is 7.65. The van der Waals surface area contributed by atoms with Crippen LogP contribution in [0.4, 0.5) is 5.69 Å². The van der Waals surface area contributed by atoms with Crippen LogP contribution >= 0.6 is 0 Å². The van der Waals surface area contributed by atoms with E-state index in [0.717, 1.165) is 48.4 Å². The predicted molar refractivity (Wildman–Crippen MR) is 83.5 cm³/mol. The van der Waals surface area contributed by atoms with Crippen molar-refractivity contribution in [2.45, 2.75) is 0 Å². The van der Waals surface area contributed by atoms with Crippen molar-refractivity contribution in [1.29, 1.82) is 0 Å². The average Bonchev–Trinajstić information content (AvgIpc) is 2.56. The van der Waals surface area contributed by atoms with Crippen LogP contribution in [0.1, 0.15) is 0 Å². The summed E-state index contributed by atoms with van der Waals surface area (Å²) >= 11 is 0. The maximum atomic E-state index is 5.43. The average molecular weight is 280 g/mol. The maximum Gasteiger partial charge on any atom is 0.233 e. The first-order chi connectivity index (χ1) is 10.3. The zero-order chi connectivity index (χ0) is 14.2. The van der Waals surface area contributed by atoms with Gasteiger partial charge in [-0.1, -0.05) is 12.1 Å². The maximum absolute atomic E-state index is 5.43. The number of nitrogens with zero attached hydrogens (tertiary/aromatic N) is 3. The number of morpholine rings is 1. The highest BCUT2D eigenvalue weighted by Gasteiger charge is 2.16. The van der Waals surface area contributed by atoms with E-state index >= 15 is 0 Å². The fourth-order valence-corrected chi connectivity index (χ4v) is 3.00. The SMILES string of the molecule is C[n+]1c2ccccc2nc2ccc(N3CCOCC3)cc21. The van der Waals surface area contributed by atoms with Crippen LogP contribution in [0.15, 0.2) is 42.5 Å². The van der Waals surface area contributed by atoms with Gasteiger partial charge in [0.05, 0.1) is 13.2 Å². The molecular weight excluding hydrogens is 262 g/mol. The molecule has 0 N–H and O–H groups in total. The van der Waals surface area contributed by atoms with Crippen molar-refractivity contribution in [2.24, 2.45) is 7.05 Å². The summed E-state index contributed by atoms with van der Waals surface area (Å²) in [6.07, 6.45) is 0. The van der Waals surface area contributed by atoms with Gasteiger partial charge in [0, 0.05) is 30.9 Å². The molecule has 1 aliphatic rings. The van der Waals surface area contributed by atoms with E-state index in [-0.39, 0.29) is 0 Å². The second-order valence-corrected chi connectivity index (χ2v) is 5.43. The Hall–Kier alpha value is -2.20. The van der Waals surface area contributed by atoms with Gasteiger partial charge in [-0.2, -0.15) is 4.57 Å². The van der Waals surface area contributed by atoms with Gasteiger partial charge in [0.1, 0.15) is 18.1 Å². The molecule has 0 aliphatic carbocycles.